The molecule has 1 aliphatic carbocycles. The van der Waals surface area contributed by atoms with Crippen LogP contribution in [0.3, 0.4) is 0 Å². The van der Waals surface area contributed by atoms with E-state index in [1.165, 1.54) is 10.6 Å². The van der Waals surface area contributed by atoms with Crippen LogP contribution >= 0.6 is 0 Å². The van der Waals surface area contributed by atoms with Crippen molar-refractivity contribution < 1.29 is 52.5 Å². The summed E-state index contributed by atoms with van der Waals surface area (Å²) in [6.07, 6.45) is 3.58. The fraction of sp³-hybridized carbons (Fsp3) is 0.449. The topological polar surface area (TPSA) is 277 Å². The number of aromatic nitrogens is 2. The van der Waals surface area contributed by atoms with Gasteiger partial charge in [0.2, 0.25) is 35.4 Å². The van der Waals surface area contributed by atoms with Crippen LogP contribution in [0.1, 0.15) is 90.4 Å². The zero-order valence-electron chi connectivity index (χ0n) is 39.3. The molecule has 20 nitrogen and oxygen atoms in total. The second-order valence-corrected chi connectivity index (χ2v) is 17.6. The van der Waals surface area contributed by atoms with Crippen molar-refractivity contribution in [3.63, 3.8) is 0 Å². The summed E-state index contributed by atoms with van der Waals surface area (Å²) >= 11 is 0. The number of halogens is 1. The van der Waals surface area contributed by atoms with Crippen LogP contribution in [-0.4, -0.2) is 109 Å². The molecule has 6 amide bonds. The summed E-state index contributed by atoms with van der Waals surface area (Å²) in [5.41, 5.74) is 1.98. The molecule has 2 aromatic heterocycles. The summed E-state index contributed by atoms with van der Waals surface area (Å²) in [7, 11) is 1.85. The molecule has 8 N–H and O–H groups in total. The number of aliphatic hydroxyl groups is 1. The summed E-state index contributed by atoms with van der Waals surface area (Å²) in [5, 5.41) is 30.5. The number of unbranched alkanes of at least 4 members (excludes halogenated alkanes) is 2. The predicted molar refractivity (Wildman–Crippen MR) is 251 cm³/mol. The van der Waals surface area contributed by atoms with Gasteiger partial charge in [-0.2, -0.15) is 0 Å². The Bertz CT molecular complexity index is 2770. The van der Waals surface area contributed by atoms with Gasteiger partial charge in [0.1, 0.15) is 31.8 Å². The third-order valence-corrected chi connectivity index (χ3v) is 12.9. The molecule has 0 radical (unpaired) electrons. The Morgan fingerprint density at radius 2 is 1.64 bits per heavy atom. The van der Waals surface area contributed by atoms with Crippen molar-refractivity contribution in [2.75, 3.05) is 46.6 Å². The first-order chi connectivity index (χ1) is 33.6. The second-order valence-electron chi connectivity index (χ2n) is 17.6. The van der Waals surface area contributed by atoms with Gasteiger partial charge in [-0.05, 0) is 80.9 Å². The van der Waals surface area contributed by atoms with Gasteiger partial charge in [-0.1, -0.05) is 43.7 Å². The molecule has 0 spiro atoms. The lowest BCUT2D eigenvalue weighted by molar-refractivity contribution is -0.172. The highest BCUT2D eigenvalue weighted by Crippen LogP contribution is 2.46. The molecular formula is C49H58FN9O11. The fourth-order valence-corrected chi connectivity index (χ4v) is 9.14. The maximum Gasteiger partial charge on any atom is 0.343 e. The minimum atomic E-state index is -2.04. The van der Waals surface area contributed by atoms with E-state index in [4.69, 9.17) is 14.5 Å². The highest BCUT2D eigenvalue weighted by Gasteiger charge is 2.46. The van der Waals surface area contributed by atoms with Crippen LogP contribution in [0.15, 0.2) is 47.3 Å². The second kappa shape index (κ2) is 22.5. The number of cyclic esters (lactones) is 1. The van der Waals surface area contributed by atoms with Crippen molar-refractivity contribution in [1.29, 1.82) is 0 Å². The lowest BCUT2D eigenvalue weighted by Gasteiger charge is -2.31. The highest BCUT2D eigenvalue weighted by molar-refractivity contribution is 5.95. The summed E-state index contributed by atoms with van der Waals surface area (Å²) < 4.78 is 27.5. The molecule has 21 heteroatoms. The van der Waals surface area contributed by atoms with E-state index >= 15 is 4.39 Å². The summed E-state index contributed by atoms with van der Waals surface area (Å²) in [5.74, 6) is -4.72. The lowest BCUT2D eigenvalue weighted by Crippen LogP contribution is -2.52. The first kappa shape index (κ1) is 50.8. The van der Waals surface area contributed by atoms with Gasteiger partial charge in [-0.25, -0.2) is 14.2 Å². The number of carbonyl (C=O) groups is 7. The van der Waals surface area contributed by atoms with E-state index in [-0.39, 0.29) is 56.0 Å². The number of hydrogen-bond donors (Lipinski definition) is 8. The first-order valence-corrected chi connectivity index (χ1v) is 23.4. The molecule has 0 fully saturated rings. The van der Waals surface area contributed by atoms with Crippen LogP contribution in [0.5, 0.6) is 0 Å². The standard InChI is InChI=1S/C49H58FN9O11/c1-4-49(68)32-18-37-45-30(23-59(37)47(66)31(32)24-70-48(49)67)44-34(15-14-29-27(2)33(50)19-35(58-45)43(29)44)56-42(64)25-69-26-55-40(62)21-54-46(65)36(17-28-11-7-5-8-12-28)57-41(63)22-53-39(61)20-52-38(60)13-9-6-10-16-51-3/h5,7-8,11-12,18-19,34,36,51,68H,4,6,9-10,13-17,20-26H2,1-3H3,(H,52,60)(H,53,61)(H,54,65)(H,55,62)(H,56,64)(H,57,63)/t34-,36-,49-/m0/s1. The average Bonchev–Trinajstić information content (AvgIpc) is 3.72. The van der Waals surface area contributed by atoms with E-state index in [0.29, 0.717) is 58.2 Å². The summed E-state index contributed by atoms with van der Waals surface area (Å²) in [6.45, 7) is 1.74. The van der Waals surface area contributed by atoms with Crippen molar-refractivity contribution in [3.8, 4) is 11.4 Å². The molecule has 0 saturated heterocycles. The Hall–Kier alpha value is -7.10. The molecule has 70 heavy (non-hydrogen) atoms. The molecule has 0 bridgehead atoms. The van der Waals surface area contributed by atoms with E-state index in [1.54, 1.807) is 50.2 Å². The number of nitrogens with one attached hydrogen (secondary N) is 7. The molecule has 2 aliphatic heterocycles. The minimum Gasteiger partial charge on any atom is -0.458 e. The van der Waals surface area contributed by atoms with E-state index in [1.807, 2.05) is 7.05 Å². The number of esters is 1. The van der Waals surface area contributed by atoms with E-state index in [0.717, 1.165) is 30.5 Å². The van der Waals surface area contributed by atoms with Gasteiger partial charge in [-0.15, -0.1) is 0 Å². The number of pyridine rings is 2. The molecule has 4 heterocycles. The highest BCUT2D eigenvalue weighted by atomic mass is 19.1. The van der Waals surface area contributed by atoms with E-state index in [2.05, 4.69) is 37.2 Å². The largest absolute Gasteiger partial charge is 0.458 e. The number of hydrogen-bond acceptors (Lipinski definition) is 13. The lowest BCUT2D eigenvalue weighted by atomic mass is 9.81. The van der Waals surface area contributed by atoms with Crippen molar-refractivity contribution in [2.24, 2.45) is 0 Å². The third-order valence-electron chi connectivity index (χ3n) is 12.9. The average molecular weight is 968 g/mol. The molecule has 372 valence electrons. The van der Waals surface area contributed by atoms with Gasteiger partial charge in [-0.3, -0.25) is 33.6 Å². The van der Waals surface area contributed by atoms with Gasteiger partial charge < -0.3 is 56.4 Å². The molecule has 2 aromatic carbocycles. The monoisotopic (exact) mass is 967 g/mol. The number of benzene rings is 2. The number of nitrogens with zero attached hydrogens (tertiary/aromatic N) is 2. The van der Waals surface area contributed by atoms with Gasteiger partial charge in [0, 0.05) is 35.4 Å². The number of aryl methyl sites for hydroxylation is 1. The zero-order valence-corrected chi connectivity index (χ0v) is 39.3. The van der Waals surface area contributed by atoms with E-state index < -0.39 is 91.0 Å². The van der Waals surface area contributed by atoms with Gasteiger partial charge in [0.25, 0.3) is 5.56 Å². The van der Waals surface area contributed by atoms with Gasteiger partial charge >= 0.3 is 5.97 Å². The molecule has 0 unspecified atom stereocenters. The maximum atomic E-state index is 15.3. The summed E-state index contributed by atoms with van der Waals surface area (Å²) in [6, 6.07) is 10.00. The molecule has 3 aliphatic rings. The molecule has 3 atom stereocenters. The number of fused-ring (bicyclic) bond motifs is 5. The minimum absolute atomic E-state index is 0.0416. The van der Waals surface area contributed by atoms with Crippen LogP contribution in [-0.2, 0) is 74.6 Å². The van der Waals surface area contributed by atoms with Crippen LogP contribution < -0.4 is 42.8 Å². The third kappa shape index (κ3) is 11.3. The van der Waals surface area contributed by atoms with Crippen LogP contribution in [0.2, 0.25) is 0 Å². The number of amides is 6. The number of rotatable bonds is 22. The van der Waals surface area contributed by atoms with E-state index in [9.17, 15) is 43.5 Å². The molecule has 0 saturated carbocycles. The Kier molecular flexibility index (Phi) is 16.4. The molecule has 4 aromatic rings. The van der Waals surface area contributed by atoms with Crippen LogP contribution in [0.25, 0.3) is 22.3 Å². The van der Waals surface area contributed by atoms with Crippen molar-refractivity contribution >= 4 is 52.3 Å². The fourth-order valence-electron chi connectivity index (χ4n) is 9.14. The molecular weight excluding hydrogens is 910 g/mol. The van der Waals surface area contributed by atoms with Gasteiger partial charge in [0.15, 0.2) is 5.60 Å². The SMILES string of the molecule is CC[C@@]1(O)C(=O)OCc2c1cc1n(c2=O)Cc2c-1nc1cc(F)c(C)c3c1c2[C@@H](NC(=O)COCNC(=O)CNC(=O)[C@H](Cc1ccccc1)NC(=O)CNC(=O)CNC(=O)CCCCCNC)CC3. The van der Waals surface area contributed by atoms with Crippen LogP contribution in [0, 0.1) is 12.7 Å². The summed E-state index contributed by atoms with van der Waals surface area (Å²) in [4.78, 5) is 108. The van der Waals surface area contributed by atoms with Crippen LogP contribution in [0.4, 0.5) is 4.39 Å². The first-order valence-electron chi connectivity index (χ1n) is 23.4. The normalized spacial score (nSPS) is 16.8. The number of carbonyl (C=O) groups excluding carboxylic acids is 7. The Morgan fingerprint density at radius 1 is 0.914 bits per heavy atom. The Morgan fingerprint density at radius 3 is 2.40 bits per heavy atom. The Labute approximate surface area is 402 Å². The van der Waals surface area contributed by atoms with Crippen molar-refractivity contribution in [2.45, 2.75) is 96.1 Å². The quantitative estimate of drug-likeness (QED) is 0.0268. The Balaban J connectivity index is 0.922. The smallest absolute Gasteiger partial charge is 0.343 e. The maximum absolute atomic E-state index is 15.3. The predicted octanol–water partition coefficient (Wildman–Crippen LogP) is 0.577. The van der Waals surface area contributed by atoms with Gasteiger partial charge in [0.05, 0.1) is 54.7 Å². The number of ether oxygens (including phenoxy) is 2. The van der Waals surface area contributed by atoms with Crippen molar-refractivity contribution in [3.05, 3.63) is 97.6 Å². The molecule has 7 rings (SSSR count). The zero-order chi connectivity index (χ0) is 50.1. The van der Waals surface area contributed by atoms with Crippen molar-refractivity contribution in [1.82, 2.24) is 46.8 Å².